The van der Waals surface area contributed by atoms with Crippen molar-refractivity contribution in [3.8, 4) is 5.75 Å². The van der Waals surface area contributed by atoms with E-state index >= 15 is 0 Å². The molecule has 20 heavy (non-hydrogen) atoms. The van der Waals surface area contributed by atoms with E-state index < -0.39 is 0 Å². The molecule has 1 aromatic carbocycles. The van der Waals surface area contributed by atoms with Gasteiger partial charge in [-0.3, -0.25) is 4.79 Å². The highest BCUT2D eigenvalue weighted by Gasteiger charge is 2.10. The van der Waals surface area contributed by atoms with Crippen molar-refractivity contribution in [2.45, 2.75) is 0 Å². The Morgan fingerprint density at radius 1 is 1.25 bits per heavy atom. The molecule has 0 unspecified atom stereocenters. The van der Waals surface area contributed by atoms with Crippen LogP contribution in [0.25, 0.3) is 5.65 Å². The van der Waals surface area contributed by atoms with Gasteiger partial charge in [-0.1, -0.05) is 12.1 Å². The molecule has 0 spiro atoms. The van der Waals surface area contributed by atoms with Crippen LogP contribution < -0.4 is 10.1 Å². The molecule has 0 fully saturated rings. The molecule has 0 radical (unpaired) electrons. The minimum atomic E-state index is -0.248. The number of pyridine rings is 1. The largest absolute Gasteiger partial charge is 0.497 e. The summed E-state index contributed by atoms with van der Waals surface area (Å²) in [4.78, 5) is 16.4. The zero-order valence-corrected chi connectivity index (χ0v) is 10.9. The number of aromatic nitrogens is 2. The summed E-state index contributed by atoms with van der Waals surface area (Å²) in [6, 6.07) is 12.8. The summed E-state index contributed by atoms with van der Waals surface area (Å²) in [7, 11) is 1.59. The Labute approximate surface area is 115 Å². The van der Waals surface area contributed by atoms with Crippen LogP contribution in [0.15, 0.2) is 54.9 Å². The number of benzene rings is 1. The van der Waals surface area contributed by atoms with E-state index in [-0.39, 0.29) is 5.91 Å². The van der Waals surface area contributed by atoms with Crippen LogP contribution in [0, 0.1) is 0 Å². The first-order chi connectivity index (χ1) is 9.76. The van der Waals surface area contributed by atoms with E-state index in [1.165, 1.54) is 0 Å². The van der Waals surface area contributed by atoms with Gasteiger partial charge in [0.05, 0.1) is 7.11 Å². The number of hydrogen-bond donors (Lipinski definition) is 1. The SMILES string of the molecule is COc1cccc(NC(=O)c2cn3ccccc3n2)c1. The van der Waals surface area contributed by atoms with Gasteiger partial charge in [-0.15, -0.1) is 0 Å². The molecule has 5 nitrogen and oxygen atoms in total. The lowest BCUT2D eigenvalue weighted by Gasteiger charge is -2.05. The summed E-state index contributed by atoms with van der Waals surface area (Å²) in [6.07, 6.45) is 3.55. The number of hydrogen-bond acceptors (Lipinski definition) is 3. The van der Waals surface area contributed by atoms with Crippen molar-refractivity contribution in [1.82, 2.24) is 9.38 Å². The zero-order valence-electron chi connectivity index (χ0n) is 10.9. The second-order valence-corrected chi connectivity index (χ2v) is 4.28. The molecule has 2 heterocycles. The number of nitrogens with one attached hydrogen (secondary N) is 1. The quantitative estimate of drug-likeness (QED) is 0.793. The molecular formula is C15H13N3O2. The van der Waals surface area contributed by atoms with Crippen molar-refractivity contribution in [2.24, 2.45) is 0 Å². The highest BCUT2D eigenvalue weighted by molar-refractivity contribution is 6.03. The lowest BCUT2D eigenvalue weighted by atomic mass is 10.3. The number of ether oxygens (including phenoxy) is 1. The van der Waals surface area contributed by atoms with Gasteiger partial charge >= 0.3 is 0 Å². The molecule has 0 aliphatic heterocycles. The van der Waals surface area contributed by atoms with Gasteiger partial charge in [0, 0.05) is 24.1 Å². The Morgan fingerprint density at radius 2 is 2.15 bits per heavy atom. The minimum Gasteiger partial charge on any atom is -0.497 e. The first-order valence-electron chi connectivity index (χ1n) is 6.15. The molecule has 1 N–H and O–H groups in total. The Hall–Kier alpha value is -2.82. The van der Waals surface area contributed by atoms with Crippen molar-refractivity contribution < 1.29 is 9.53 Å². The van der Waals surface area contributed by atoms with Gasteiger partial charge < -0.3 is 14.5 Å². The Balaban J connectivity index is 1.85. The smallest absolute Gasteiger partial charge is 0.275 e. The highest BCUT2D eigenvalue weighted by Crippen LogP contribution is 2.17. The first kappa shape index (κ1) is 12.2. The summed E-state index contributed by atoms with van der Waals surface area (Å²) in [5.74, 6) is 0.444. The third kappa shape index (κ3) is 2.33. The number of imidazole rings is 1. The van der Waals surface area contributed by atoms with Crippen molar-refractivity contribution in [3.05, 3.63) is 60.6 Å². The molecule has 3 rings (SSSR count). The summed E-state index contributed by atoms with van der Waals surface area (Å²) in [5, 5.41) is 2.80. The first-order valence-corrected chi connectivity index (χ1v) is 6.15. The molecule has 3 aromatic rings. The molecule has 0 bridgehead atoms. The molecule has 0 aliphatic rings. The van der Waals surface area contributed by atoms with E-state index in [2.05, 4.69) is 10.3 Å². The molecule has 0 aliphatic carbocycles. The Kier molecular flexibility index (Phi) is 3.09. The molecule has 1 amide bonds. The van der Waals surface area contributed by atoms with E-state index in [0.717, 1.165) is 5.65 Å². The predicted molar refractivity (Wildman–Crippen MR) is 76.1 cm³/mol. The van der Waals surface area contributed by atoms with Gasteiger partial charge in [0.1, 0.15) is 17.1 Å². The number of rotatable bonds is 3. The molecule has 0 atom stereocenters. The van der Waals surface area contributed by atoms with Crippen LogP contribution in [0.5, 0.6) is 5.75 Å². The van der Waals surface area contributed by atoms with Gasteiger partial charge in [0.15, 0.2) is 0 Å². The van der Waals surface area contributed by atoms with Crippen molar-refractivity contribution in [3.63, 3.8) is 0 Å². The maximum Gasteiger partial charge on any atom is 0.275 e. The van der Waals surface area contributed by atoms with Gasteiger partial charge in [0.25, 0.3) is 5.91 Å². The van der Waals surface area contributed by atoms with E-state index in [0.29, 0.717) is 17.1 Å². The van der Waals surface area contributed by atoms with Gasteiger partial charge in [0.2, 0.25) is 0 Å². The Morgan fingerprint density at radius 3 is 2.95 bits per heavy atom. The lowest BCUT2D eigenvalue weighted by molar-refractivity contribution is 0.102. The normalized spacial score (nSPS) is 10.4. The van der Waals surface area contributed by atoms with Crippen LogP contribution in [0.1, 0.15) is 10.5 Å². The summed E-state index contributed by atoms with van der Waals surface area (Å²) in [5.41, 5.74) is 1.79. The fourth-order valence-electron chi connectivity index (χ4n) is 1.94. The van der Waals surface area contributed by atoms with Crippen LogP contribution in [0.2, 0.25) is 0 Å². The third-order valence-corrected chi connectivity index (χ3v) is 2.92. The summed E-state index contributed by atoms with van der Waals surface area (Å²) >= 11 is 0. The topological polar surface area (TPSA) is 55.6 Å². The second kappa shape index (κ2) is 5.05. The highest BCUT2D eigenvalue weighted by atomic mass is 16.5. The van der Waals surface area contributed by atoms with Crippen molar-refractivity contribution in [2.75, 3.05) is 12.4 Å². The zero-order chi connectivity index (χ0) is 13.9. The van der Waals surface area contributed by atoms with E-state index in [1.54, 1.807) is 29.8 Å². The van der Waals surface area contributed by atoms with Crippen LogP contribution in [0.4, 0.5) is 5.69 Å². The predicted octanol–water partition coefficient (Wildman–Crippen LogP) is 2.60. The Bertz CT molecular complexity index is 731. The summed E-state index contributed by atoms with van der Waals surface area (Å²) in [6.45, 7) is 0. The van der Waals surface area contributed by atoms with E-state index in [4.69, 9.17) is 4.74 Å². The van der Waals surface area contributed by atoms with Crippen LogP contribution in [0.3, 0.4) is 0 Å². The van der Waals surface area contributed by atoms with Gasteiger partial charge in [-0.25, -0.2) is 4.98 Å². The standard InChI is InChI=1S/C15H13N3O2/c1-20-12-6-4-5-11(9-12)16-15(19)13-10-18-8-3-2-7-14(18)17-13/h2-10H,1H3,(H,16,19). The number of nitrogens with zero attached hydrogens (tertiary/aromatic N) is 2. The minimum absolute atomic E-state index is 0.248. The maximum absolute atomic E-state index is 12.2. The number of amides is 1. The summed E-state index contributed by atoms with van der Waals surface area (Å²) < 4.78 is 6.93. The van der Waals surface area contributed by atoms with Crippen molar-refractivity contribution in [1.29, 1.82) is 0 Å². The average Bonchev–Trinajstić information content (AvgIpc) is 2.91. The third-order valence-electron chi connectivity index (χ3n) is 2.92. The molecule has 100 valence electrons. The molecule has 0 saturated heterocycles. The second-order valence-electron chi connectivity index (χ2n) is 4.28. The molecule has 2 aromatic heterocycles. The average molecular weight is 267 g/mol. The number of methoxy groups -OCH3 is 1. The number of fused-ring (bicyclic) bond motifs is 1. The van der Waals surface area contributed by atoms with Crippen LogP contribution in [-0.2, 0) is 0 Å². The molecule has 5 heteroatoms. The number of carbonyl (C=O) groups excluding carboxylic acids is 1. The fourth-order valence-corrected chi connectivity index (χ4v) is 1.94. The van der Waals surface area contributed by atoms with Crippen LogP contribution >= 0.6 is 0 Å². The van der Waals surface area contributed by atoms with E-state index in [9.17, 15) is 4.79 Å². The van der Waals surface area contributed by atoms with Crippen molar-refractivity contribution >= 4 is 17.2 Å². The monoisotopic (exact) mass is 267 g/mol. The van der Waals surface area contributed by atoms with E-state index in [1.807, 2.05) is 36.5 Å². The number of carbonyl (C=O) groups is 1. The molecular weight excluding hydrogens is 254 g/mol. The number of anilines is 1. The van der Waals surface area contributed by atoms with Crippen LogP contribution in [-0.4, -0.2) is 22.4 Å². The fraction of sp³-hybridized carbons (Fsp3) is 0.0667. The lowest BCUT2D eigenvalue weighted by Crippen LogP contribution is -2.12. The maximum atomic E-state index is 12.2. The van der Waals surface area contributed by atoms with Gasteiger partial charge in [-0.2, -0.15) is 0 Å². The van der Waals surface area contributed by atoms with Gasteiger partial charge in [-0.05, 0) is 24.3 Å². The molecule has 0 saturated carbocycles.